The minimum atomic E-state index is -0.936. The molecule has 1 aromatic carbocycles. The Hall–Kier alpha value is -4.02. The van der Waals surface area contributed by atoms with Crippen LogP contribution in [0.1, 0.15) is 47.9 Å². The number of aromatic nitrogens is 4. The molecule has 2 aliphatic heterocycles. The maximum Gasteiger partial charge on any atom is 0.335 e. The van der Waals surface area contributed by atoms with Gasteiger partial charge in [0.25, 0.3) is 0 Å². The van der Waals surface area contributed by atoms with Crippen molar-refractivity contribution in [1.29, 1.82) is 0 Å². The molecule has 2 saturated heterocycles. The van der Waals surface area contributed by atoms with Crippen LogP contribution in [0.5, 0.6) is 5.88 Å². The third-order valence-corrected chi connectivity index (χ3v) is 8.08. The van der Waals surface area contributed by atoms with Crippen LogP contribution in [0, 0.1) is 0 Å². The van der Waals surface area contributed by atoms with Crippen LogP contribution in [-0.2, 0) is 24.4 Å². The number of ether oxygens (including phenoxy) is 2. The molecule has 2 aliphatic rings. The molecule has 3 aromatic heterocycles. The molecule has 0 bridgehead atoms. The van der Waals surface area contributed by atoms with Crippen molar-refractivity contribution in [2.75, 3.05) is 25.1 Å². The van der Waals surface area contributed by atoms with Crippen LogP contribution in [0.15, 0.2) is 60.9 Å². The second kappa shape index (κ2) is 11.8. The summed E-state index contributed by atoms with van der Waals surface area (Å²) in [6, 6.07) is 15.7. The number of hydrogen-bond donors (Lipinski definition) is 1. The number of rotatable bonds is 11. The van der Waals surface area contributed by atoms with Gasteiger partial charge in [0.05, 0.1) is 35.8 Å². The summed E-state index contributed by atoms with van der Waals surface area (Å²) in [5, 5.41) is 9.54. The average molecular weight is 557 g/mol. The van der Waals surface area contributed by atoms with Crippen molar-refractivity contribution in [3.63, 3.8) is 0 Å². The van der Waals surface area contributed by atoms with Crippen molar-refractivity contribution in [3.8, 4) is 5.88 Å². The first-order valence-electron chi connectivity index (χ1n) is 14.2. The van der Waals surface area contributed by atoms with Crippen LogP contribution >= 0.6 is 0 Å². The molecule has 4 aromatic rings. The molecule has 0 saturated carbocycles. The Kier molecular flexibility index (Phi) is 7.84. The quantitative estimate of drug-likeness (QED) is 0.288. The lowest BCUT2D eigenvalue weighted by molar-refractivity contribution is -0.0591. The molecular formula is C31H36N6O4. The van der Waals surface area contributed by atoms with Crippen molar-refractivity contribution in [2.45, 2.75) is 64.1 Å². The van der Waals surface area contributed by atoms with Crippen molar-refractivity contribution < 1.29 is 19.4 Å². The number of pyridine rings is 2. The van der Waals surface area contributed by atoms with E-state index in [-0.39, 0.29) is 11.7 Å². The Morgan fingerprint density at radius 2 is 1.95 bits per heavy atom. The molecule has 2 fully saturated rings. The smallest absolute Gasteiger partial charge is 0.335 e. The summed E-state index contributed by atoms with van der Waals surface area (Å²) in [5.74, 6) is 1.52. The molecule has 3 unspecified atom stereocenters. The largest absolute Gasteiger partial charge is 0.478 e. The normalized spacial score (nSPS) is 20.5. The van der Waals surface area contributed by atoms with Gasteiger partial charge >= 0.3 is 5.97 Å². The molecule has 10 heteroatoms. The summed E-state index contributed by atoms with van der Waals surface area (Å²) in [5.41, 5.74) is 2.97. The number of likely N-dealkylation sites (N-methyl/N-ethyl adjacent to an activating group) is 1. The molecule has 41 heavy (non-hydrogen) atoms. The Morgan fingerprint density at radius 1 is 1.12 bits per heavy atom. The zero-order valence-electron chi connectivity index (χ0n) is 23.5. The van der Waals surface area contributed by atoms with Gasteiger partial charge in [0.15, 0.2) is 0 Å². The zero-order valence-corrected chi connectivity index (χ0v) is 23.5. The number of anilines is 1. The van der Waals surface area contributed by atoms with E-state index in [9.17, 15) is 9.90 Å². The number of hydrogen-bond acceptors (Lipinski definition) is 8. The molecule has 0 aliphatic carbocycles. The first-order valence-corrected chi connectivity index (χ1v) is 14.2. The van der Waals surface area contributed by atoms with Gasteiger partial charge in [0.1, 0.15) is 18.2 Å². The molecule has 10 nitrogen and oxygen atoms in total. The number of imidazole rings is 1. The first kappa shape index (κ1) is 27.2. The number of aromatic carboxylic acids is 1. The molecule has 3 atom stereocenters. The van der Waals surface area contributed by atoms with Gasteiger partial charge in [-0.05, 0) is 75.2 Å². The molecule has 6 rings (SSSR count). The number of benzene rings is 1. The summed E-state index contributed by atoms with van der Waals surface area (Å²) in [6.07, 6.45) is 6.83. The van der Waals surface area contributed by atoms with E-state index < -0.39 is 5.97 Å². The topological polar surface area (TPSA) is 106 Å². The second-order valence-electron chi connectivity index (χ2n) is 11.1. The van der Waals surface area contributed by atoms with Crippen molar-refractivity contribution >= 4 is 22.8 Å². The maximum absolute atomic E-state index is 11.6. The van der Waals surface area contributed by atoms with E-state index in [0.29, 0.717) is 37.7 Å². The molecule has 0 spiro atoms. The van der Waals surface area contributed by atoms with Crippen LogP contribution in [0.4, 0.5) is 5.82 Å². The highest BCUT2D eigenvalue weighted by Crippen LogP contribution is 2.31. The zero-order chi connectivity index (χ0) is 28.3. The van der Waals surface area contributed by atoms with Gasteiger partial charge in [-0.1, -0.05) is 6.07 Å². The Bertz CT molecular complexity index is 1510. The van der Waals surface area contributed by atoms with Crippen molar-refractivity contribution in [1.82, 2.24) is 24.4 Å². The molecule has 0 radical (unpaired) electrons. The molecule has 214 valence electrons. The fourth-order valence-corrected chi connectivity index (χ4v) is 5.86. The average Bonchev–Trinajstić information content (AvgIpc) is 3.48. The lowest BCUT2D eigenvalue weighted by Crippen LogP contribution is -2.42. The summed E-state index contributed by atoms with van der Waals surface area (Å²) < 4.78 is 13.9. The Labute approximate surface area is 239 Å². The van der Waals surface area contributed by atoms with Crippen LogP contribution in [0.2, 0.25) is 0 Å². The lowest BCUT2D eigenvalue weighted by atomic mass is 10.1. The predicted octanol–water partition coefficient (Wildman–Crippen LogP) is 4.38. The van der Waals surface area contributed by atoms with Crippen LogP contribution in [0.25, 0.3) is 11.0 Å². The van der Waals surface area contributed by atoms with Gasteiger partial charge in [0.2, 0.25) is 5.88 Å². The highest BCUT2D eigenvalue weighted by Gasteiger charge is 2.33. The number of carboxylic acids is 1. The van der Waals surface area contributed by atoms with Crippen LogP contribution < -0.4 is 9.64 Å². The van der Waals surface area contributed by atoms with Gasteiger partial charge < -0.3 is 24.0 Å². The van der Waals surface area contributed by atoms with E-state index in [4.69, 9.17) is 19.4 Å². The number of carboxylic acid groups (broad SMARTS) is 1. The standard InChI is InChI=1S/C31H36N6O4/c1-21-6-8-24(37(21)28-4-3-5-30(34-28)41-20-22-10-13-32-14-11-22)17-35(2)19-29-33-26-9-7-23(31(38)39)16-27(26)36(29)18-25-12-15-40-25/h3-5,7,9-11,13-14,16,21,24-25H,6,8,12,15,17-20H2,1-2H3,(H,38,39). The van der Waals surface area contributed by atoms with Crippen molar-refractivity contribution in [3.05, 3.63) is 77.9 Å². The summed E-state index contributed by atoms with van der Waals surface area (Å²) in [6.45, 7) is 5.63. The van der Waals surface area contributed by atoms with E-state index in [1.54, 1.807) is 30.6 Å². The van der Waals surface area contributed by atoms with Gasteiger partial charge in [-0.15, -0.1) is 0 Å². The van der Waals surface area contributed by atoms with E-state index in [1.165, 1.54) is 0 Å². The number of nitrogens with zero attached hydrogens (tertiary/aromatic N) is 6. The second-order valence-corrected chi connectivity index (χ2v) is 11.1. The highest BCUT2D eigenvalue weighted by molar-refractivity contribution is 5.92. The van der Waals surface area contributed by atoms with E-state index >= 15 is 0 Å². The third-order valence-electron chi connectivity index (χ3n) is 8.08. The van der Waals surface area contributed by atoms with Crippen molar-refractivity contribution in [2.24, 2.45) is 0 Å². The highest BCUT2D eigenvalue weighted by atomic mass is 16.5. The minimum Gasteiger partial charge on any atom is -0.478 e. The SMILES string of the molecule is CC1CCC(CN(C)Cc2nc3ccc(C(=O)O)cc3n2CC2CCO2)N1c1cccc(OCc2ccncc2)n1. The summed E-state index contributed by atoms with van der Waals surface area (Å²) >= 11 is 0. The Morgan fingerprint density at radius 3 is 2.71 bits per heavy atom. The molecular weight excluding hydrogens is 520 g/mol. The summed E-state index contributed by atoms with van der Waals surface area (Å²) in [4.78, 5) is 30.2. The minimum absolute atomic E-state index is 0.134. The maximum atomic E-state index is 11.6. The van der Waals surface area contributed by atoms with Gasteiger partial charge in [-0.3, -0.25) is 9.88 Å². The fourth-order valence-electron chi connectivity index (χ4n) is 5.86. The summed E-state index contributed by atoms with van der Waals surface area (Å²) in [7, 11) is 2.12. The van der Waals surface area contributed by atoms with Gasteiger partial charge in [-0.25, -0.2) is 9.78 Å². The predicted molar refractivity (Wildman–Crippen MR) is 155 cm³/mol. The van der Waals surface area contributed by atoms with Crippen LogP contribution in [0.3, 0.4) is 0 Å². The van der Waals surface area contributed by atoms with Gasteiger partial charge in [0, 0.05) is 43.7 Å². The first-order chi connectivity index (χ1) is 19.9. The monoisotopic (exact) mass is 556 g/mol. The van der Waals surface area contributed by atoms with E-state index in [2.05, 4.69) is 39.4 Å². The lowest BCUT2D eigenvalue weighted by Gasteiger charge is -2.33. The van der Waals surface area contributed by atoms with E-state index in [0.717, 1.165) is 60.7 Å². The molecule has 0 amide bonds. The van der Waals surface area contributed by atoms with Gasteiger partial charge in [-0.2, -0.15) is 4.98 Å². The number of fused-ring (bicyclic) bond motifs is 1. The van der Waals surface area contributed by atoms with Crippen LogP contribution in [-0.4, -0.2) is 73.9 Å². The number of carbonyl (C=O) groups is 1. The molecule has 5 heterocycles. The third kappa shape index (κ3) is 6.03. The Balaban J connectivity index is 1.17. The fraction of sp³-hybridized carbons (Fsp3) is 0.419. The molecule has 1 N–H and O–H groups in total. The van der Waals surface area contributed by atoms with E-state index in [1.807, 2.05) is 24.3 Å².